The van der Waals surface area contributed by atoms with E-state index in [0.717, 1.165) is 18.6 Å². The molecule has 0 spiro atoms. The number of rotatable bonds is 5. The molecule has 3 aromatic rings. The predicted octanol–water partition coefficient (Wildman–Crippen LogP) is 5.56. The van der Waals surface area contributed by atoms with E-state index in [0.29, 0.717) is 17.4 Å². The number of fused-ring (bicyclic) bond motifs is 1. The van der Waals surface area contributed by atoms with E-state index in [1.165, 1.54) is 35.9 Å². The fraction of sp³-hybridized carbons (Fsp3) is 0.318. The lowest BCUT2D eigenvalue weighted by Crippen LogP contribution is -2.20. The first-order valence-corrected chi connectivity index (χ1v) is 9.51. The second kappa shape index (κ2) is 10.3. The van der Waals surface area contributed by atoms with Crippen molar-refractivity contribution in [2.24, 2.45) is 0 Å². The Morgan fingerprint density at radius 2 is 1.76 bits per heavy atom. The molecule has 5 nitrogen and oxygen atoms in total. The number of halogens is 2. The lowest BCUT2D eigenvalue weighted by Gasteiger charge is -2.10. The number of aryl methyl sites for hydroxylation is 1. The van der Waals surface area contributed by atoms with Crippen LogP contribution in [0.5, 0.6) is 11.5 Å². The summed E-state index contributed by atoms with van der Waals surface area (Å²) < 4.78 is 34.4. The molecule has 0 N–H and O–H groups in total. The van der Waals surface area contributed by atoms with E-state index >= 15 is 0 Å². The van der Waals surface area contributed by atoms with Crippen LogP contribution in [0.25, 0.3) is 10.9 Å². The molecule has 0 atom stereocenters. The van der Waals surface area contributed by atoms with Crippen molar-refractivity contribution in [2.75, 3.05) is 0 Å². The minimum atomic E-state index is -0.883. The molecule has 2 aromatic carbocycles. The topological polar surface area (TPSA) is 67.9 Å². The van der Waals surface area contributed by atoms with Gasteiger partial charge in [0.05, 0.1) is 17.2 Å². The van der Waals surface area contributed by atoms with Crippen LogP contribution < -0.4 is 10.3 Å². The van der Waals surface area contributed by atoms with Gasteiger partial charge in [-0.05, 0) is 36.8 Å². The molecular formula is C22H23F2N3O2. The first-order chi connectivity index (χ1) is 14.0. The van der Waals surface area contributed by atoms with Crippen LogP contribution in [0.3, 0.4) is 0 Å². The number of nitrogens with zero attached hydrogens (tertiary/aromatic N) is 3. The molecule has 29 heavy (non-hydrogen) atoms. The number of unbranched alkanes of at least 4 members (excludes halogenated alkanes) is 1. The van der Waals surface area contributed by atoms with Crippen molar-refractivity contribution < 1.29 is 13.5 Å². The summed E-state index contributed by atoms with van der Waals surface area (Å²) in [6.45, 7) is 6.82. The number of hydrogen-bond donors (Lipinski definition) is 0. The van der Waals surface area contributed by atoms with Gasteiger partial charge in [0.2, 0.25) is 0 Å². The third-order valence-corrected chi connectivity index (χ3v) is 4.15. The van der Waals surface area contributed by atoms with Crippen LogP contribution in [-0.2, 0) is 6.54 Å². The van der Waals surface area contributed by atoms with E-state index in [1.54, 1.807) is 12.1 Å². The lowest BCUT2D eigenvalue weighted by molar-refractivity contribution is 0.435. The van der Waals surface area contributed by atoms with Gasteiger partial charge >= 0.3 is 0 Å². The van der Waals surface area contributed by atoms with E-state index < -0.39 is 22.9 Å². The number of ether oxygens (including phenoxy) is 1. The molecule has 1 heterocycles. The molecule has 0 aliphatic heterocycles. The second-order valence-corrected chi connectivity index (χ2v) is 6.37. The summed E-state index contributed by atoms with van der Waals surface area (Å²) in [6, 6.07) is 7.74. The second-order valence-electron chi connectivity index (χ2n) is 6.37. The molecule has 0 saturated heterocycles. The standard InChI is InChI=1S/C18H13F2N3O2.C4H10/c1-2-7-23-10-22-16-6-3-11(8-12(16)18(23)24)25-17-13(9-21)14(19)4-5-15(17)20;1-3-4-2/h3-6,8,10H,2,7H2,1H3;3-4H2,1-2H3. The average molecular weight is 399 g/mol. The third kappa shape index (κ3) is 5.17. The van der Waals surface area contributed by atoms with Crippen LogP contribution >= 0.6 is 0 Å². The highest BCUT2D eigenvalue weighted by atomic mass is 19.1. The summed E-state index contributed by atoms with van der Waals surface area (Å²) in [5, 5.41) is 9.31. The van der Waals surface area contributed by atoms with Gasteiger partial charge in [0.1, 0.15) is 23.2 Å². The Morgan fingerprint density at radius 3 is 2.38 bits per heavy atom. The molecule has 0 unspecified atom stereocenters. The lowest BCUT2D eigenvalue weighted by atomic mass is 10.2. The van der Waals surface area contributed by atoms with E-state index in [4.69, 9.17) is 10.00 Å². The number of benzene rings is 2. The van der Waals surface area contributed by atoms with Crippen molar-refractivity contribution in [3.05, 3.63) is 64.2 Å². The van der Waals surface area contributed by atoms with Gasteiger partial charge in [-0.15, -0.1) is 0 Å². The van der Waals surface area contributed by atoms with Gasteiger partial charge < -0.3 is 4.74 Å². The third-order valence-electron chi connectivity index (χ3n) is 4.15. The van der Waals surface area contributed by atoms with Gasteiger partial charge in [-0.1, -0.05) is 33.6 Å². The largest absolute Gasteiger partial charge is 0.453 e. The maximum Gasteiger partial charge on any atom is 0.261 e. The minimum Gasteiger partial charge on any atom is -0.453 e. The van der Waals surface area contributed by atoms with E-state index in [9.17, 15) is 13.6 Å². The number of nitriles is 1. The Morgan fingerprint density at radius 1 is 1.07 bits per heavy atom. The fourth-order valence-electron chi connectivity index (χ4n) is 2.46. The van der Waals surface area contributed by atoms with Crippen molar-refractivity contribution in [1.29, 1.82) is 5.26 Å². The highest BCUT2D eigenvalue weighted by Gasteiger charge is 2.16. The Labute approximate surface area is 168 Å². The van der Waals surface area contributed by atoms with Crippen molar-refractivity contribution >= 4 is 10.9 Å². The summed E-state index contributed by atoms with van der Waals surface area (Å²) in [6.07, 6.45) is 4.87. The van der Waals surface area contributed by atoms with Gasteiger partial charge in [0.15, 0.2) is 11.6 Å². The van der Waals surface area contributed by atoms with Crippen molar-refractivity contribution in [3.8, 4) is 17.6 Å². The molecule has 0 aliphatic carbocycles. The summed E-state index contributed by atoms with van der Waals surface area (Å²) in [4.78, 5) is 16.6. The molecule has 1 aromatic heterocycles. The normalized spacial score (nSPS) is 10.2. The molecule has 0 aliphatic rings. The molecule has 0 amide bonds. The van der Waals surface area contributed by atoms with Gasteiger partial charge in [-0.2, -0.15) is 5.26 Å². The Hall–Kier alpha value is -3.27. The zero-order valence-electron chi connectivity index (χ0n) is 16.7. The molecule has 7 heteroatoms. The average Bonchev–Trinajstić information content (AvgIpc) is 2.73. The van der Waals surface area contributed by atoms with E-state index in [-0.39, 0.29) is 11.3 Å². The van der Waals surface area contributed by atoms with Crippen LogP contribution in [0.2, 0.25) is 0 Å². The summed E-state index contributed by atoms with van der Waals surface area (Å²) in [5.41, 5.74) is -0.322. The fourth-order valence-corrected chi connectivity index (χ4v) is 2.46. The zero-order chi connectivity index (χ0) is 21.4. The summed E-state index contributed by atoms with van der Waals surface area (Å²) >= 11 is 0. The maximum absolute atomic E-state index is 13.9. The monoisotopic (exact) mass is 399 g/mol. The van der Waals surface area contributed by atoms with Crippen LogP contribution in [0.15, 0.2) is 41.5 Å². The summed E-state index contributed by atoms with van der Waals surface area (Å²) in [7, 11) is 0. The molecular weight excluding hydrogens is 376 g/mol. The number of aromatic nitrogens is 2. The smallest absolute Gasteiger partial charge is 0.261 e. The number of hydrogen-bond acceptors (Lipinski definition) is 4. The van der Waals surface area contributed by atoms with E-state index in [2.05, 4.69) is 18.8 Å². The van der Waals surface area contributed by atoms with Crippen molar-refractivity contribution in [1.82, 2.24) is 9.55 Å². The molecule has 0 bridgehead atoms. The Balaban J connectivity index is 0.000000687. The zero-order valence-corrected chi connectivity index (χ0v) is 16.7. The summed E-state index contributed by atoms with van der Waals surface area (Å²) in [5.74, 6) is -2.15. The highest BCUT2D eigenvalue weighted by Crippen LogP contribution is 2.30. The first-order valence-electron chi connectivity index (χ1n) is 9.51. The maximum atomic E-state index is 13.9. The Kier molecular flexibility index (Phi) is 7.84. The molecule has 0 saturated carbocycles. The van der Waals surface area contributed by atoms with Gasteiger partial charge in [-0.25, -0.2) is 13.8 Å². The molecule has 152 valence electrons. The Bertz CT molecular complexity index is 1090. The highest BCUT2D eigenvalue weighted by molar-refractivity contribution is 5.79. The van der Waals surface area contributed by atoms with Gasteiger partial charge in [0.25, 0.3) is 5.56 Å². The molecule has 3 rings (SSSR count). The predicted molar refractivity (Wildman–Crippen MR) is 108 cm³/mol. The van der Waals surface area contributed by atoms with Crippen LogP contribution in [0.4, 0.5) is 8.78 Å². The quantitative estimate of drug-likeness (QED) is 0.564. The van der Waals surface area contributed by atoms with Crippen LogP contribution in [0.1, 0.15) is 45.6 Å². The SMILES string of the molecule is CCCC.CCCn1cnc2ccc(Oc3c(F)ccc(F)c3C#N)cc2c1=O. The van der Waals surface area contributed by atoms with Crippen molar-refractivity contribution in [3.63, 3.8) is 0 Å². The van der Waals surface area contributed by atoms with Gasteiger partial charge in [0, 0.05) is 6.54 Å². The van der Waals surface area contributed by atoms with E-state index in [1.807, 2.05) is 6.92 Å². The molecule has 0 fully saturated rings. The first kappa shape index (κ1) is 22.0. The van der Waals surface area contributed by atoms with Crippen LogP contribution in [0, 0.1) is 23.0 Å². The van der Waals surface area contributed by atoms with Crippen molar-refractivity contribution in [2.45, 2.75) is 46.6 Å². The molecule has 0 radical (unpaired) electrons. The minimum absolute atomic E-state index is 0.113. The van der Waals surface area contributed by atoms with Crippen LogP contribution in [-0.4, -0.2) is 9.55 Å². The van der Waals surface area contributed by atoms with Gasteiger partial charge in [-0.3, -0.25) is 9.36 Å².